The van der Waals surface area contributed by atoms with Gasteiger partial charge in [0.1, 0.15) is 5.82 Å². The highest BCUT2D eigenvalue weighted by atomic mass is 19.1. The van der Waals surface area contributed by atoms with Crippen molar-refractivity contribution in [1.82, 2.24) is 15.1 Å². The van der Waals surface area contributed by atoms with E-state index in [-0.39, 0.29) is 17.6 Å². The molecule has 37 heavy (non-hydrogen) atoms. The van der Waals surface area contributed by atoms with E-state index in [1.807, 2.05) is 13.0 Å². The first-order chi connectivity index (χ1) is 18.0. The molecular formula is C31H42FN3O2. The van der Waals surface area contributed by atoms with Crippen molar-refractivity contribution in [2.75, 3.05) is 19.6 Å². The summed E-state index contributed by atoms with van der Waals surface area (Å²) in [5.74, 6) is -0.506. The SMILES string of the molecule is C=CC.CCCCC1CCCCN1CCCNC(=O)c1ccc2c(c1)C(=O)N(Cc1ccc(F)cc1)C2. The number of fused-ring (bicyclic) bond motifs is 1. The van der Waals surface area contributed by atoms with E-state index in [4.69, 9.17) is 0 Å². The smallest absolute Gasteiger partial charge is 0.254 e. The fourth-order valence-electron chi connectivity index (χ4n) is 5.15. The number of piperidine rings is 1. The number of rotatable bonds is 10. The molecule has 6 heteroatoms. The van der Waals surface area contributed by atoms with Crippen molar-refractivity contribution in [3.63, 3.8) is 0 Å². The minimum atomic E-state index is -0.289. The van der Waals surface area contributed by atoms with Crippen LogP contribution >= 0.6 is 0 Å². The number of allylic oxidation sites excluding steroid dienone is 1. The maximum Gasteiger partial charge on any atom is 0.254 e. The Morgan fingerprint density at radius 3 is 2.65 bits per heavy atom. The number of carbonyl (C=O) groups excluding carboxylic acids is 2. The molecule has 0 radical (unpaired) electrons. The minimum absolute atomic E-state index is 0.0859. The number of benzene rings is 2. The summed E-state index contributed by atoms with van der Waals surface area (Å²) in [5.41, 5.74) is 2.91. The fraction of sp³-hybridized carbons (Fsp3) is 0.484. The van der Waals surface area contributed by atoms with Crippen LogP contribution in [0.2, 0.25) is 0 Å². The Labute approximate surface area is 221 Å². The van der Waals surface area contributed by atoms with E-state index >= 15 is 0 Å². The van der Waals surface area contributed by atoms with E-state index in [9.17, 15) is 14.0 Å². The van der Waals surface area contributed by atoms with Crippen molar-refractivity contribution in [2.45, 2.75) is 77.9 Å². The van der Waals surface area contributed by atoms with Gasteiger partial charge in [0.15, 0.2) is 0 Å². The van der Waals surface area contributed by atoms with Crippen LogP contribution in [0.1, 0.15) is 90.6 Å². The third kappa shape index (κ3) is 8.26. The zero-order valence-corrected chi connectivity index (χ0v) is 22.5. The largest absolute Gasteiger partial charge is 0.352 e. The average molecular weight is 508 g/mol. The van der Waals surface area contributed by atoms with E-state index in [1.165, 1.54) is 57.2 Å². The molecule has 2 aromatic carbocycles. The lowest BCUT2D eigenvalue weighted by Crippen LogP contribution is -2.41. The second-order valence-corrected chi connectivity index (χ2v) is 10.0. The monoisotopic (exact) mass is 507 g/mol. The predicted octanol–water partition coefficient (Wildman–Crippen LogP) is 6.34. The number of hydrogen-bond donors (Lipinski definition) is 1. The van der Waals surface area contributed by atoms with Crippen molar-refractivity contribution < 1.29 is 14.0 Å². The molecule has 0 spiro atoms. The Balaban J connectivity index is 0.00000121. The molecule has 1 fully saturated rings. The molecule has 0 aliphatic carbocycles. The predicted molar refractivity (Wildman–Crippen MR) is 148 cm³/mol. The van der Waals surface area contributed by atoms with Gasteiger partial charge in [-0.2, -0.15) is 0 Å². The summed E-state index contributed by atoms with van der Waals surface area (Å²) >= 11 is 0. The molecule has 2 aliphatic heterocycles. The third-order valence-corrected chi connectivity index (χ3v) is 7.09. The number of unbranched alkanes of at least 4 members (excludes halogenated alkanes) is 1. The van der Waals surface area contributed by atoms with E-state index < -0.39 is 0 Å². The van der Waals surface area contributed by atoms with E-state index in [2.05, 4.69) is 23.7 Å². The van der Waals surface area contributed by atoms with E-state index in [0.717, 1.165) is 24.1 Å². The molecule has 1 saturated heterocycles. The van der Waals surface area contributed by atoms with Crippen LogP contribution in [0.5, 0.6) is 0 Å². The highest BCUT2D eigenvalue weighted by Gasteiger charge is 2.28. The zero-order chi connectivity index (χ0) is 26.6. The molecule has 1 atom stereocenters. The van der Waals surface area contributed by atoms with Gasteiger partial charge in [0.05, 0.1) is 0 Å². The van der Waals surface area contributed by atoms with Crippen LogP contribution in [-0.2, 0) is 13.1 Å². The first kappa shape index (κ1) is 28.6. The van der Waals surface area contributed by atoms with Gasteiger partial charge in [-0.15, -0.1) is 6.58 Å². The number of likely N-dealkylation sites (tertiary alicyclic amines) is 1. The van der Waals surface area contributed by atoms with Gasteiger partial charge in [-0.1, -0.05) is 50.5 Å². The lowest BCUT2D eigenvalue weighted by Gasteiger charge is -2.36. The Morgan fingerprint density at radius 1 is 1.16 bits per heavy atom. The molecule has 2 aliphatic rings. The fourth-order valence-corrected chi connectivity index (χ4v) is 5.15. The lowest BCUT2D eigenvalue weighted by molar-refractivity contribution is 0.0766. The van der Waals surface area contributed by atoms with Crippen molar-refractivity contribution in [1.29, 1.82) is 0 Å². The minimum Gasteiger partial charge on any atom is -0.352 e. The molecule has 5 nitrogen and oxygen atoms in total. The van der Waals surface area contributed by atoms with Gasteiger partial charge in [-0.25, -0.2) is 4.39 Å². The van der Waals surface area contributed by atoms with Crippen LogP contribution in [0.3, 0.4) is 0 Å². The third-order valence-electron chi connectivity index (χ3n) is 7.09. The van der Waals surface area contributed by atoms with Crippen LogP contribution in [0.25, 0.3) is 0 Å². The van der Waals surface area contributed by atoms with Crippen LogP contribution in [0, 0.1) is 5.82 Å². The quantitative estimate of drug-likeness (QED) is 0.302. The van der Waals surface area contributed by atoms with Gasteiger partial charge in [-0.05, 0) is 74.5 Å². The summed E-state index contributed by atoms with van der Waals surface area (Å²) in [4.78, 5) is 30.0. The molecule has 4 rings (SSSR count). The van der Waals surface area contributed by atoms with Gasteiger partial charge >= 0.3 is 0 Å². The second-order valence-electron chi connectivity index (χ2n) is 10.0. The van der Waals surface area contributed by atoms with Crippen molar-refractivity contribution in [3.05, 3.63) is 83.2 Å². The molecular weight excluding hydrogens is 465 g/mol. The van der Waals surface area contributed by atoms with Gasteiger partial charge in [0.25, 0.3) is 11.8 Å². The standard InChI is InChI=1S/C28H36FN3O2.C3H6/c1-2-3-7-25-8-4-5-16-31(25)17-6-15-30-27(33)22-11-12-23-20-32(28(34)26(23)18-22)19-21-9-13-24(29)14-10-21;1-3-2/h9-14,18,25H,2-8,15-17,19-20H2,1H3,(H,30,33);3H,1H2,2H3. The summed E-state index contributed by atoms with van der Waals surface area (Å²) in [6.07, 6.45) is 10.4. The van der Waals surface area contributed by atoms with E-state index in [1.54, 1.807) is 35.2 Å². The molecule has 0 saturated carbocycles. The van der Waals surface area contributed by atoms with Crippen LogP contribution in [-0.4, -0.2) is 47.3 Å². The normalized spacial score (nSPS) is 17.1. The Kier molecular flexibility index (Phi) is 11.3. The zero-order valence-electron chi connectivity index (χ0n) is 22.5. The van der Waals surface area contributed by atoms with E-state index in [0.29, 0.717) is 36.8 Å². The molecule has 0 aromatic heterocycles. The number of amides is 2. The number of halogens is 1. The Morgan fingerprint density at radius 2 is 1.92 bits per heavy atom. The van der Waals surface area contributed by atoms with Crippen molar-refractivity contribution >= 4 is 11.8 Å². The maximum absolute atomic E-state index is 13.2. The molecule has 0 bridgehead atoms. The summed E-state index contributed by atoms with van der Waals surface area (Å²) in [7, 11) is 0. The van der Waals surface area contributed by atoms with Crippen molar-refractivity contribution in [2.24, 2.45) is 0 Å². The van der Waals surface area contributed by atoms with Gasteiger partial charge in [0.2, 0.25) is 0 Å². The Hall–Kier alpha value is -2.99. The highest BCUT2D eigenvalue weighted by molar-refractivity contribution is 6.02. The maximum atomic E-state index is 13.2. The highest BCUT2D eigenvalue weighted by Crippen LogP contribution is 2.26. The summed E-state index contributed by atoms with van der Waals surface area (Å²) < 4.78 is 13.2. The van der Waals surface area contributed by atoms with Crippen LogP contribution in [0.15, 0.2) is 55.1 Å². The number of nitrogens with one attached hydrogen (secondary N) is 1. The molecule has 2 amide bonds. The van der Waals surface area contributed by atoms with Crippen LogP contribution in [0.4, 0.5) is 4.39 Å². The molecule has 1 N–H and O–H groups in total. The second kappa shape index (κ2) is 14.7. The lowest BCUT2D eigenvalue weighted by atomic mass is 9.97. The number of hydrogen-bond acceptors (Lipinski definition) is 3. The average Bonchev–Trinajstić information content (AvgIpc) is 3.21. The van der Waals surface area contributed by atoms with Crippen LogP contribution < -0.4 is 5.32 Å². The molecule has 1 unspecified atom stereocenters. The summed E-state index contributed by atoms with van der Waals surface area (Å²) in [6.45, 7) is 11.3. The first-order valence-corrected chi connectivity index (χ1v) is 13.7. The summed E-state index contributed by atoms with van der Waals surface area (Å²) in [5, 5.41) is 3.03. The number of nitrogens with zero attached hydrogens (tertiary/aromatic N) is 2. The topological polar surface area (TPSA) is 52.7 Å². The summed E-state index contributed by atoms with van der Waals surface area (Å²) in [6, 6.07) is 12.3. The first-order valence-electron chi connectivity index (χ1n) is 13.7. The van der Waals surface area contributed by atoms with Crippen molar-refractivity contribution in [3.8, 4) is 0 Å². The Bertz CT molecular complexity index is 1040. The number of carbonyl (C=O) groups is 2. The van der Waals surface area contributed by atoms with Gasteiger partial charge in [-0.3, -0.25) is 9.59 Å². The molecule has 2 aromatic rings. The van der Waals surface area contributed by atoms with Gasteiger partial charge < -0.3 is 15.1 Å². The molecule has 200 valence electrons. The van der Waals surface area contributed by atoms with Gasteiger partial charge in [0, 0.05) is 43.3 Å². The molecule has 2 heterocycles.